The minimum atomic E-state index is 0.485. The molecule has 0 aromatic heterocycles. The van der Waals surface area contributed by atoms with E-state index in [0.717, 1.165) is 26.1 Å². The first-order valence-electron chi connectivity index (χ1n) is 5.65. The van der Waals surface area contributed by atoms with Gasteiger partial charge in [0.05, 0.1) is 12.5 Å². The van der Waals surface area contributed by atoms with E-state index in [4.69, 9.17) is 5.26 Å². The molecule has 0 spiro atoms. The van der Waals surface area contributed by atoms with Crippen LogP contribution in [0.2, 0.25) is 0 Å². The van der Waals surface area contributed by atoms with Crippen LogP contribution in [0.4, 0.5) is 0 Å². The van der Waals surface area contributed by atoms with Gasteiger partial charge >= 0.3 is 0 Å². The topological polar surface area (TPSA) is 30.3 Å². The Morgan fingerprint density at radius 3 is 2.29 bits per heavy atom. The van der Waals surface area contributed by atoms with Crippen molar-refractivity contribution >= 4 is 0 Å². The molecular weight excluding hydrogens is 174 g/mol. The van der Waals surface area contributed by atoms with Gasteiger partial charge in [-0.3, -0.25) is 4.90 Å². The number of hydrogen-bond acceptors (Lipinski definition) is 3. The third-order valence-electron chi connectivity index (χ3n) is 3.17. The van der Waals surface area contributed by atoms with Gasteiger partial charge in [0.15, 0.2) is 0 Å². The van der Waals surface area contributed by atoms with Crippen LogP contribution in [0.5, 0.6) is 0 Å². The summed E-state index contributed by atoms with van der Waals surface area (Å²) in [5.41, 5.74) is 0. The fourth-order valence-electron chi connectivity index (χ4n) is 2.08. The summed E-state index contributed by atoms with van der Waals surface area (Å²) in [7, 11) is 0. The summed E-state index contributed by atoms with van der Waals surface area (Å²) in [5.74, 6) is 0. The van der Waals surface area contributed by atoms with Crippen molar-refractivity contribution in [3.63, 3.8) is 0 Å². The zero-order chi connectivity index (χ0) is 10.4. The summed E-state index contributed by atoms with van der Waals surface area (Å²) in [6.45, 7) is 10.1. The molecule has 0 radical (unpaired) electrons. The second kappa shape index (κ2) is 6.00. The van der Waals surface area contributed by atoms with Gasteiger partial charge in [0.25, 0.3) is 0 Å². The second-order valence-electron chi connectivity index (χ2n) is 3.89. The molecule has 0 saturated carbocycles. The number of likely N-dealkylation sites (N-methyl/N-ethyl adjacent to an activating group) is 1. The van der Waals surface area contributed by atoms with E-state index in [0.29, 0.717) is 12.5 Å². The summed E-state index contributed by atoms with van der Waals surface area (Å²) in [5, 5.41) is 8.71. The van der Waals surface area contributed by atoms with Crippen LogP contribution in [0.15, 0.2) is 0 Å². The lowest BCUT2D eigenvalue weighted by Crippen LogP contribution is -2.49. The molecule has 1 aliphatic heterocycles. The Balaban J connectivity index is 2.36. The number of nitriles is 1. The third kappa shape index (κ3) is 2.97. The Labute approximate surface area is 87.3 Å². The van der Waals surface area contributed by atoms with Gasteiger partial charge in [0, 0.05) is 32.2 Å². The van der Waals surface area contributed by atoms with Gasteiger partial charge in [-0.2, -0.15) is 5.26 Å². The monoisotopic (exact) mass is 195 g/mol. The summed E-state index contributed by atoms with van der Waals surface area (Å²) in [4.78, 5) is 4.94. The Morgan fingerprint density at radius 1 is 1.21 bits per heavy atom. The van der Waals surface area contributed by atoms with Gasteiger partial charge in [-0.05, 0) is 13.0 Å². The molecule has 0 aliphatic carbocycles. The quantitative estimate of drug-likeness (QED) is 0.677. The molecule has 0 aromatic rings. The van der Waals surface area contributed by atoms with Crippen LogP contribution in [0.25, 0.3) is 0 Å². The molecule has 3 heteroatoms. The van der Waals surface area contributed by atoms with Crippen molar-refractivity contribution in [2.75, 3.05) is 32.7 Å². The highest BCUT2D eigenvalue weighted by Crippen LogP contribution is 2.11. The standard InChI is InChI=1S/C11H21N3/c1-3-11(5-6-12)14-9-7-13(4-2)8-10-14/h11H,3-5,7-10H2,1-2H3. The van der Waals surface area contributed by atoms with E-state index in [2.05, 4.69) is 29.7 Å². The average Bonchev–Trinajstić information content (AvgIpc) is 2.26. The minimum absolute atomic E-state index is 0.485. The molecule has 1 rings (SSSR count). The Hall–Kier alpha value is -0.590. The average molecular weight is 195 g/mol. The zero-order valence-electron chi connectivity index (χ0n) is 9.37. The predicted molar refractivity (Wildman–Crippen MR) is 58.0 cm³/mol. The summed E-state index contributed by atoms with van der Waals surface area (Å²) >= 11 is 0. The molecule has 14 heavy (non-hydrogen) atoms. The zero-order valence-corrected chi connectivity index (χ0v) is 9.37. The van der Waals surface area contributed by atoms with E-state index >= 15 is 0 Å². The van der Waals surface area contributed by atoms with Crippen molar-refractivity contribution in [2.24, 2.45) is 0 Å². The maximum absolute atomic E-state index is 8.71. The van der Waals surface area contributed by atoms with Crippen LogP contribution >= 0.6 is 0 Å². The number of hydrogen-bond donors (Lipinski definition) is 0. The Kier molecular flexibility index (Phi) is 4.92. The van der Waals surface area contributed by atoms with Gasteiger partial charge in [0.1, 0.15) is 0 Å². The number of nitrogens with zero attached hydrogens (tertiary/aromatic N) is 3. The number of piperazine rings is 1. The summed E-state index contributed by atoms with van der Waals surface area (Å²) in [6, 6.07) is 2.77. The van der Waals surface area contributed by atoms with Crippen molar-refractivity contribution in [1.29, 1.82) is 5.26 Å². The fourth-order valence-corrected chi connectivity index (χ4v) is 2.08. The molecule has 0 aromatic carbocycles. The van der Waals surface area contributed by atoms with Crippen molar-refractivity contribution in [3.05, 3.63) is 0 Å². The lowest BCUT2D eigenvalue weighted by Gasteiger charge is -2.37. The first kappa shape index (κ1) is 11.5. The van der Waals surface area contributed by atoms with E-state index in [1.807, 2.05) is 0 Å². The van der Waals surface area contributed by atoms with Gasteiger partial charge < -0.3 is 4.90 Å². The second-order valence-corrected chi connectivity index (χ2v) is 3.89. The normalized spacial score (nSPS) is 21.8. The van der Waals surface area contributed by atoms with Gasteiger partial charge in [-0.25, -0.2) is 0 Å². The first-order chi connectivity index (χ1) is 6.81. The van der Waals surface area contributed by atoms with E-state index in [1.54, 1.807) is 0 Å². The van der Waals surface area contributed by atoms with E-state index in [9.17, 15) is 0 Å². The largest absolute Gasteiger partial charge is 0.301 e. The van der Waals surface area contributed by atoms with Gasteiger partial charge in [-0.1, -0.05) is 13.8 Å². The number of rotatable bonds is 4. The van der Waals surface area contributed by atoms with E-state index in [-0.39, 0.29) is 0 Å². The highest BCUT2D eigenvalue weighted by molar-refractivity contribution is 4.84. The van der Waals surface area contributed by atoms with E-state index < -0.39 is 0 Å². The molecule has 1 atom stereocenters. The molecular formula is C11H21N3. The Bertz CT molecular complexity index is 189. The van der Waals surface area contributed by atoms with E-state index in [1.165, 1.54) is 13.1 Å². The maximum Gasteiger partial charge on any atom is 0.0638 e. The lowest BCUT2D eigenvalue weighted by atomic mass is 10.1. The summed E-state index contributed by atoms with van der Waals surface area (Å²) in [6.07, 6.45) is 1.78. The van der Waals surface area contributed by atoms with Crippen molar-refractivity contribution in [1.82, 2.24) is 9.80 Å². The molecule has 0 amide bonds. The van der Waals surface area contributed by atoms with Crippen LogP contribution in [0.1, 0.15) is 26.7 Å². The molecule has 3 nitrogen and oxygen atoms in total. The van der Waals surface area contributed by atoms with Crippen LogP contribution in [-0.2, 0) is 0 Å². The first-order valence-corrected chi connectivity index (χ1v) is 5.65. The predicted octanol–water partition coefficient (Wildman–Crippen LogP) is 1.32. The van der Waals surface area contributed by atoms with Gasteiger partial charge in [-0.15, -0.1) is 0 Å². The van der Waals surface area contributed by atoms with Crippen molar-refractivity contribution in [3.8, 4) is 6.07 Å². The molecule has 1 fully saturated rings. The lowest BCUT2D eigenvalue weighted by molar-refractivity contribution is 0.0987. The smallest absolute Gasteiger partial charge is 0.0638 e. The molecule has 0 N–H and O–H groups in total. The van der Waals surface area contributed by atoms with Crippen LogP contribution in [0.3, 0.4) is 0 Å². The Morgan fingerprint density at radius 2 is 1.86 bits per heavy atom. The van der Waals surface area contributed by atoms with Gasteiger partial charge in [0.2, 0.25) is 0 Å². The fraction of sp³-hybridized carbons (Fsp3) is 0.909. The minimum Gasteiger partial charge on any atom is -0.301 e. The molecule has 80 valence electrons. The van der Waals surface area contributed by atoms with Crippen LogP contribution < -0.4 is 0 Å². The summed E-state index contributed by atoms with van der Waals surface area (Å²) < 4.78 is 0. The van der Waals surface area contributed by atoms with Crippen molar-refractivity contribution < 1.29 is 0 Å². The molecule has 1 saturated heterocycles. The molecule has 1 aliphatic rings. The molecule has 0 bridgehead atoms. The van der Waals surface area contributed by atoms with Crippen LogP contribution in [-0.4, -0.2) is 48.6 Å². The third-order valence-corrected chi connectivity index (χ3v) is 3.17. The van der Waals surface area contributed by atoms with Crippen LogP contribution in [0, 0.1) is 11.3 Å². The molecule has 1 unspecified atom stereocenters. The van der Waals surface area contributed by atoms with Crippen molar-refractivity contribution in [2.45, 2.75) is 32.7 Å². The maximum atomic E-state index is 8.71. The molecule has 1 heterocycles. The highest BCUT2D eigenvalue weighted by atomic mass is 15.3. The highest BCUT2D eigenvalue weighted by Gasteiger charge is 2.21. The SMILES string of the molecule is CCC(CC#N)N1CCN(CC)CC1.